The Morgan fingerprint density at radius 1 is 1.29 bits per heavy atom. The van der Waals surface area contributed by atoms with Gasteiger partial charge in [0, 0.05) is 31.8 Å². The van der Waals surface area contributed by atoms with Gasteiger partial charge in [0.25, 0.3) is 0 Å². The summed E-state index contributed by atoms with van der Waals surface area (Å²) in [6.07, 6.45) is 2.69. The highest BCUT2D eigenvalue weighted by molar-refractivity contribution is 7.80. The van der Waals surface area contributed by atoms with Crippen molar-refractivity contribution in [2.24, 2.45) is 5.73 Å². The largest absolute Gasteiger partial charge is 0.492 e. The van der Waals surface area contributed by atoms with Crippen LogP contribution >= 0.6 is 12.2 Å². The van der Waals surface area contributed by atoms with Crippen molar-refractivity contribution in [1.29, 1.82) is 0 Å². The molecule has 0 atom stereocenters. The van der Waals surface area contributed by atoms with Gasteiger partial charge in [-0.2, -0.15) is 0 Å². The third-order valence-electron chi connectivity index (χ3n) is 3.75. The molecule has 1 saturated heterocycles. The van der Waals surface area contributed by atoms with E-state index in [1.807, 2.05) is 24.3 Å². The normalized spacial score (nSPS) is 16.8. The van der Waals surface area contributed by atoms with E-state index in [2.05, 4.69) is 11.8 Å². The molecule has 4 nitrogen and oxygen atoms in total. The fraction of sp³-hybridized carbons (Fsp3) is 0.562. The van der Waals surface area contributed by atoms with E-state index in [4.69, 9.17) is 27.4 Å². The van der Waals surface area contributed by atoms with Crippen LogP contribution in [-0.4, -0.2) is 48.8 Å². The molecular weight excluding hydrogens is 284 g/mol. The van der Waals surface area contributed by atoms with Gasteiger partial charge in [0.05, 0.1) is 6.10 Å². The average Bonchev–Trinajstić information content (AvgIpc) is 2.50. The maximum Gasteiger partial charge on any atom is 0.119 e. The zero-order valence-corrected chi connectivity index (χ0v) is 13.4. The number of thiocarbonyl (C=S) groups is 1. The monoisotopic (exact) mass is 308 g/mol. The van der Waals surface area contributed by atoms with Gasteiger partial charge in [-0.15, -0.1) is 0 Å². The van der Waals surface area contributed by atoms with Crippen LogP contribution in [0.25, 0.3) is 0 Å². The molecule has 0 radical (unpaired) electrons. The molecule has 0 amide bonds. The van der Waals surface area contributed by atoms with Crippen LogP contribution in [0.4, 0.5) is 0 Å². The third kappa shape index (κ3) is 5.26. The molecule has 0 spiro atoms. The number of ether oxygens (including phenoxy) is 2. The van der Waals surface area contributed by atoms with Crippen LogP contribution in [-0.2, 0) is 4.74 Å². The first-order chi connectivity index (χ1) is 10.2. The Balaban J connectivity index is 1.67. The fourth-order valence-electron chi connectivity index (χ4n) is 2.54. The van der Waals surface area contributed by atoms with Crippen LogP contribution in [0.5, 0.6) is 5.75 Å². The lowest BCUT2D eigenvalue weighted by molar-refractivity contribution is 0.0119. The lowest BCUT2D eigenvalue weighted by Gasteiger charge is -2.31. The van der Waals surface area contributed by atoms with Crippen LogP contribution in [0.1, 0.15) is 25.3 Å². The highest BCUT2D eigenvalue weighted by atomic mass is 32.1. The number of nitrogens with zero attached hydrogens (tertiary/aromatic N) is 1. The van der Waals surface area contributed by atoms with Crippen molar-refractivity contribution < 1.29 is 9.47 Å². The van der Waals surface area contributed by atoms with E-state index >= 15 is 0 Å². The Bertz CT molecular complexity index is 442. The second-order valence-electron chi connectivity index (χ2n) is 5.23. The summed E-state index contributed by atoms with van der Waals surface area (Å²) < 4.78 is 11.4. The molecule has 116 valence electrons. The Kier molecular flexibility index (Phi) is 6.42. The molecule has 5 heteroatoms. The van der Waals surface area contributed by atoms with E-state index in [1.54, 1.807) is 0 Å². The second-order valence-corrected chi connectivity index (χ2v) is 5.67. The number of nitrogens with two attached hydrogens (primary N) is 1. The molecule has 1 aromatic carbocycles. The van der Waals surface area contributed by atoms with E-state index in [9.17, 15) is 0 Å². The molecule has 1 aromatic rings. The Hall–Kier alpha value is -1.17. The first kappa shape index (κ1) is 16.2. The molecule has 0 aliphatic carbocycles. The molecule has 0 unspecified atom stereocenters. The Morgan fingerprint density at radius 2 is 1.95 bits per heavy atom. The van der Waals surface area contributed by atoms with Gasteiger partial charge < -0.3 is 15.2 Å². The van der Waals surface area contributed by atoms with Gasteiger partial charge in [0.1, 0.15) is 17.3 Å². The molecular formula is C16H24N2O2S. The number of piperidine rings is 1. The van der Waals surface area contributed by atoms with E-state index in [1.165, 1.54) is 0 Å². The molecule has 2 N–H and O–H groups in total. The average molecular weight is 308 g/mol. The zero-order chi connectivity index (χ0) is 15.1. The zero-order valence-electron chi connectivity index (χ0n) is 12.6. The number of likely N-dealkylation sites (tertiary alicyclic amines) is 1. The highest BCUT2D eigenvalue weighted by Crippen LogP contribution is 2.15. The minimum atomic E-state index is 0.415. The number of rotatable bonds is 7. The second kappa shape index (κ2) is 8.32. The molecule has 1 heterocycles. The van der Waals surface area contributed by atoms with Crippen molar-refractivity contribution in [3.05, 3.63) is 29.8 Å². The molecule has 21 heavy (non-hydrogen) atoms. The van der Waals surface area contributed by atoms with Gasteiger partial charge in [0.15, 0.2) is 0 Å². The summed E-state index contributed by atoms with van der Waals surface area (Å²) in [5.74, 6) is 0.860. The third-order valence-corrected chi connectivity index (χ3v) is 3.99. The quantitative estimate of drug-likeness (QED) is 0.783. The summed E-state index contributed by atoms with van der Waals surface area (Å²) in [7, 11) is 0. The van der Waals surface area contributed by atoms with E-state index in [0.717, 1.165) is 50.4 Å². The summed E-state index contributed by atoms with van der Waals surface area (Å²) in [5.41, 5.74) is 6.44. The molecule has 2 rings (SSSR count). The SMILES string of the molecule is CCOC1CCN(CCOc2ccc(C(N)=S)cc2)CC1. The van der Waals surface area contributed by atoms with E-state index in [0.29, 0.717) is 17.7 Å². The summed E-state index contributed by atoms with van der Waals surface area (Å²) >= 11 is 4.93. The van der Waals surface area contributed by atoms with Gasteiger partial charge in [-0.05, 0) is 44.0 Å². The fourth-order valence-corrected chi connectivity index (χ4v) is 2.68. The van der Waals surface area contributed by atoms with Crippen LogP contribution < -0.4 is 10.5 Å². The number of hydrogen-bond acceptors (Lipinski definition) is 4. The molecule has 0 saturated carbocycles. The van der Waals surface area contributed by atoms with Crippen LogP contribution in [0.15, 0.2) is 24.3 Å². The maximum absolute atomic E-state index is 5.76. The highest BCUT2D eigenvalue weighted by Gasteiger charge is 2.18. The van der Waals surface area contributed by atoms with Gasteiger partial charge >= 0.3 is 0 Å². The van der Waals surface area contributed by atoms with Crippen LogP contribution in [0.2, 0.25) is 0 Å². The molecule has 1 aliphatic rings. The van der Waals surface area contributed by atoms with Crippen molar-refractivity contribution in [3.63, 3.8) is 0 Å². The number of benzene rings is 1. The van der Waals surface area contributed by atoms with E-state index < -0.39 is 0 Å². The van der Waals surface area contributed by atoms with Gasteiger partial charge in [-0.3, -0.25) is 4.90 Å². The van der Waals surface area contributed by atoms with Crippen molar-refractivity contribution in [3.8, 4) is 5.75 Å². The van der Waals surface area contributed by atoms with Gasteiger partial charge in [-0.25, -0.2) is 0 Å². The topological polar surface area (TPSA) is 47.7 Å². The maximum atomic E-state index is 5.76. The Morgan fingerprint density at radius 3 is 2.52 bits per heavy atom. The first-order valence-corrected chi connectivity index (χ1v) is 7.96. The molecule has 1 aliphatic heterocycles. The van der Waals surface area contributed by atoms with Gasteiger partial charge in [0.2, 0.25) is 0 Å². The lowest BCUT2D eigenvalue weighted by Crippen LogP contribution is -2.39. The van der Waals surface area contributed by atoms with Crippen molar-refractivity contribution in [2.75, 3.05) is 32.8 Å². The summed E-state index contributed by atoms with van der Waals surface area (Å²) in [6, 6.07) is 7.61. The van der Waals surface area contributed by atoms with Crippen molar-refractivity contribution in [1.82, 2.24) is 4.90 Å². The van der Waals surface area contributed by atoms with Gasteiger partial charge in [-0.1, -0.05) is 12.2 Å². The van der Waals surface area contributed by atoms with Crippen LogP contribution in [0.3, 0.4) is 0 Å². The molecule has 0 bridgehead atoms. The van der Waals surface area contributed by atoms with E-state index in [-0.39, 0.29) is 0 Å². The molecule has 0 aromatic heterocycles. The summed E-state index contributed by atoms with van der Waals surface area (Å²) in [4.78, 5) is 2.84. The smallest absolute Gasteiger partial charge is 0.119 e. The standard InChI is InChI=1S/C16H24N2O2S/c1-2-19-15-7-9-18(10-8-15)11-12-20-14-5-3-13(4-6-14)16(17)21/h3-6,15H,2,7-12H2,1H3,(H2,17,21). The minimum absolute atomic E-state index is 0.415. The summed E-state index contributed by atoms with van der Waals surface area (Å²) in [5, 5.41) is 0. The van der Waals surface area contributed by atoms with Crippen molar-refractivity contribution >= 4 is 17.2 Å². The molecule has 1 fully saturated rings. The summed E-state index contributed by atoms with van der Waals surface area (Å²) in [6.45, 7) is 6.71. The predicted octanol–water partition coefficient (Wildman–Crippen LogP) is 2.20. The van der Waals surface area contributed by atoms with Crippen LogP contribution in [0, 0.1) is 0 Å². The lowest BCUT2D eigenvalue weighted by atomic mass is 10.1. The minimum Gasteiger partial charge on any atom is -0.492 e. The van der Waals surface area contributed by atoms with Crippen molar-refractivity contribution in [2.45, 2.75) is 25.9 Å². The first-order valence-electron chi connectivity index (χ1n) is 7.55. The number of hydrogen-bond donors (Lipinski definition) is 1. The predicted molar refractivity (Wildman–Crippen MR) is 88.9 cm³/mol. The Labute approximate surface area is 132 Å².